The molecule has 0 unspecified atom stereocenters. The first-order valence-electron chi connectivity index (χ1n) is 7.51. The predicted molar refractivity (Wildman–Crippen MR) is 108 cm³/mol. The number of fused-ring (bicyclic) bond motifs is 4. The van der Waals surface area contributed by atoms with Gasteiger partial charge in [0.25, 0.3) is 10.1 Å². The molecule has 8 heteroatoms. The summed E-state index contributed by atoms with van der Waals surface area (Å²) in [6.45, 7) is 0. The van der Waals surface area contributed by atoms with Crippen LogP contribution in [0.25, 0.3) is 22.3 Å². The van der Waals surface area contributed by atoms with Crippen LogP contribution < -0.4 is 0 Å². The third-order valence-electron chi connectivity index (χ3n) is 3.91. The Hall–Kier alpha value is -1.91. The van der Waals surface area contributed by atoms with Gasteiger partial charge in [-0.25, -0.2) is 0 Å². The Bertz CT molecular complexity index is 946. The van der Waals surface area contributed by atoms with Crippen molar-refractivity contribution in [3.63, 3.8) is 0 Å². The SMILES string of the molecule is I.O=S(=O)(O)c1ccc(C(F)(F)F)cc1.c1ccc2c(c1)-c1ccccc1-2. The van der Waals surface area contributed by atoms with Crippen LogP contribution in [0.2, 0.25) is 0 Å². The average Bonchev–Trinajstić information content (AvgIpc) is 2.59. The summed E-state index contributed by atoms with van der Waals surface area (Å²) in [5, 5.41) is 0. The molecule has 0 bridgehead atoms. The van der Waals surface area contributed by atoms with Crippen LogP contribution in [-0.2, 0) is 16.3 Å². The molecule has 3 aromatic rings. The molecule has 4 rings (SSSR count). The second-order valence-electron chi connectivity index (χ2n) is 5.59. The molecule has 0 saturated carbocycles. The lowest BCUT2D eigenvalue weighted by Gasteiger charge is -2.22. The molecule has 0 aliphatic heterocycles. The van der Waals surface area contributed by atoms with Gasteiger partial charge in [-0.1, -0.05) is 48.5 Å². The van der Waals surface area contributed by atoms with Crippen LogP contribution in [0.3, 0.4) is 0 Å². The van der Waals surface area contributed by atoms with Crippen molar-refractivity contribution in [3.05, 3.63) is 78.4 Å². The summed E-state index contributed by atoms with van der Waals surface area (Å²) >= 11 is 0. The Kier molecular flexibility index (Phi) is 6.33. The van der Waals surface area contributed by atoms with Crippen molar-refractivity contribution < 1.29 is 26.1 Å². The molecule has 27 heavy (non-hydrogen) atoms. The quantitative estimate of drug-likeness (QED) is 0.258. The number of hydrogen-bond acceptors (Lipinski definition) is 2. The van der Waals surface area contributed by atoms with E-state index in [9.17, 15) is 21.6 Å². The van der Waals surface area contributed by atoms with E-state index < -0.39 is 26.8 Å². The van der Waals surface area contributed by atoms with E-state index in [0.29, 0.717) is 24.3 Å². The highest BCUT2D eigenvalue weighted by atomic mass is 127. The molecule has 0 amide bonds. The topological polar surface area (TPSA) is 54.4 Å². The molecule has 0 radical (unpaired) electrons. The summed E-state index contributed by atoms with van der Waals surface area (Å²) in [7, 11) is -4.43. The van der Waals surface area contributed by atoms with Crippen LogP contribution in [0, 0.1) is 0 Å². The van der Waals surface area contributed by atoms with Gasteiger partial charge in [-0.05, 0) is 46.5 Å². The van der Waals surface area contributed by atoms with Crippen molar-refractivity contribution in [1.29, 1.82) is 0 Å². The molecule has 0 saturated heterocycles. The van der Waals surface area contributed by atoms with E-state index in [4.69, 9.17) is 4.55 Å². The lowest BCUT2D eigenvalue weighted by molar-refractivity contribution is -0.137. The second kappa shape index (κ2) is 7.99. The molecular formula is C19H14F3IO3S. The maximum atomic E-state index is 12.0. The van der Waals surface area contributed by atoms with E-state index in [0.717, 1.165) is 0 Å². The van der Waals surface area contributed by atoms with Gasteiger partial charge in [-0.15, -0.1) is 24.0 Å². The molecule has 0 fully saturated rings. The normalized spacial score (nSPS) is 11.7. The Morgan fingerprint density at radius 2 is 1.00 bits per heavy atom. The molecule has 3 aromatic carbocycles. The third-order valence-corrected chi connectivity index (χ3v) is 4.78. The second-order valence-corrected chi connectivity index (χ2v) is 7.01. The van der Waals surface area contributed by atoms with Crippen molar-refractivity contribution in [2.75, 3.05) is 0 Å². The molecule has 142 valence electrons. The van der Waals surface area contributed by atoms with Gasteiger partial charge >= 0.3 is 6.18 Å². The van der Waals surface area contributed by atoms with E-state index in [1.807, 2.05) is 0 Å². The monoisotopic (exact) mass is 506 g/mol. The van der Waals surface area contributed by atoms with Crippen LogP contribution in [-0.4, -0.2) is 13.0 Å². The number of benzene rings is 3. The van der Waals surface area contributed by atoms with Gasteiger partial charge in [0.15, 0.2) is 0 Å². The Balaban J connectivity index is 0.000000188. The lowest BCUT2D eigenvalue weighted by atomic mass is 9.81. The van der Waals surface area contributed by atoms with Gasteiger partial charge in [-0.2, -0.15) is 21.6 Å². The minimum absolute atomic E-state index is 0. The largest absolute Gasteiger partial charge is 0.416 e. The minimum atomic E-state index is -4.52. The summed E-state index contributed by atoms with van der Waals surface area (Å²) in [6.07, 6.45) is -4.52. The van der Waals surface area contributed by atoms with E-state index in [1.54, 1.807) is 0 Å². The first-order chi connectivity index (χ1) is 12.2. The highest BCUT2D eigenvalue weighted by Gasteiger charge is 2.30. The number of halogens is 4. The van der Waals surface area contributed by atoms with Gasteiger partial charge in [-0.3, -0.25) is 4.55 Å². The van der Waals surface area contributed by atoms with Crippen molar-refractivity contribution >= 4 is 34.1 Å². The van der Waals surface area contributed by atoms with Gasteiger partial charge < -0.3 is 0 Å². The molecular weight excluding hydrogens is 492 g/mol. The summed E-state index contributed by atoms with van der Waals surface area (Å²) in [6, 6.07) is 19.6. The standard InChI is InChI=1S/C12H8.C7H5F3O3S.HI/c1-2-6-10-9(5-1)11-7-3-4-8-12(10)11;8-7(9,10)5-1-3-6(4-2-5)14(11,12)13;/h1-8H;1-4H,(H,11,12,13);1H. The first-order valence-corrected chi connectivity index (χ1v) is 8.95. The summed E-state index contributed by atoms with van der Waals surface area (Å²) in [5.41, 5.74) is 4.62. The molecule has 0 atom stereocenters. The highest BCUT2D eigenvalue weighted by Crippen LogP contribution is 2.46. The predicted octanol–water partition coefficient (Wildman–Crippen LogP) is 5.90. The number of alkyl halides is 3. The van der Waals surface area contributed by atoms with Crippen LogP contribution >= 0.6 is 24.0 Å². The Labute approximate surface area is 171 Å². The van der Waals surface area contributed by atoms with Gasteiger partial charge in [0.1, 0.15) is 0 Å². The molecule has 0 heterocycles. The number of rotatable bonds is 1. The van der Waals surface area contributed by atoms with Gasteiger partial charge in [0.2, 0.25) is 0 Å². The molecule has 0 spiro atoms. The van der Waals surface area contributed by atoms with Crippen LogP contribution in [0.15, 0.2) is 77.7 Å². The van der Waals surface area contributed by atoms with Gasteiger partial charge in [0.05, 0.1) is 10.5 Å². The maximum Gasteiger partial charge on any atom is 0.416 e. The molecule has 1 aliphatic rings. The van der Waals surface area contributed by atoms with Crippen molar-refractivity contribution in [1.82, 2.24) is 0 Å². The fourth-order valence-corrected chi connectivity index (χ4v) is 3.14. The van der Waals surface area contributed by atoms with Crippen molar-refractivity contribution in [3.8, 4) is 22.3 Å². The zero-order valence-corrected chi connectivity index (χ0v) is 16.8. The molecule has 1 N–H and O–H groups in total. The minimum Gasteiger partial charge on any atom is -0.282 e. The fourth-order valence-electron chi connectivity index (χ4n) is 2.66. The lowest BCUT2D eigenvalue weighted by Crippen LogP contribution is -2.05. The van der Waals surface area contributed by atoms with E-state index in [-0.39, 0.29) is 24.0 Å². The number of hydrogen-bond donors (Lipinski definition) is 1. The van der Waals surface area contributed by atoms with Crippen molar-refractivity contribution in [2.24, 2.45) is 0 Å². The third kappa shape index (κ3) is 4.69. The molecule has 1 aliphatic carbocycles. The smallest absolute Gasteiger partial charge is 0.282 e. The average molecular weight is 506 g/mol. The van der Waals surface area contributed by atoms with E-state index >= 15 is 0 Å². The Morgan fingerprint density at radius 1 is 0.667 bits per heavy atom. The van der Waals surface area contributed by atoms with Crippen molar-refractivity contribution in [2.45, 2.75) is 11.1 Å². The van der Waals surface area contributed by atoms with E-state index in [1.165, 1.54) is 22.3 Å². The molecule has 0 aromatic heterocycles. The fraction of sp³-hybridized carbons (Fsp3) is 0.0526. The summed E-state index contributed by atoms with van der Waals surface area (Å²) in [4.78, 5) is -0.564. The van der Waals surface area contributed by atoms with Crippen LogP contribution in [0.4, 0.5) is 13.2 Å². The maximum absolute atomic E-state index is 12.0. The zero-order chi connectivity index (χ0) is 18.9. The van der Waals surface area contributed by atoms with Crippen LogP contribution in [0.5, 0.6) is 0 Å². The Morgan fingerprint density at radius 3 is 1.26 bits per heavy atom. The van der Waals surface area contributed by atoms with Crippen LogP contribution in [0.1, 0.15) is 5.56 Å². The van der Waals surface area contributed by atoms with Gasteiger partial charge in [0, 0.05) is 0 Å². The highest BCUT2D eigenvalue weighted by molar-refractivity contribution is 14.0. The zero-order valence-electron chi connectivity index (χ0n) is 13.6. The first kappa shape index (κ1) is 21.4. The molecule has 3 nitrogen and oxygen atoms in total. The summed E-state index contributed by atoms with van der Waals surface area (Å²) in [5.74, 6) is 0. The summed E-state index contributed by atoms with van der Waals surface area (Å²) < 4.78 is 65.4. The van der Waals surface area contributed by atoms with E-state index in [2.05, 4.69) is 48.5 Å².